The van der Waals surface area contributed by atoms with Crippen LogP contribution in [0.5, 0.6) is 0 Å². The van der Waals surface area contributed by atoms with E-state index < -0.39 is 16.5 Å². The number of rotatable bonds is 10. The molecule has 0 bridgehead atoms. The van der Waals surface area contributed by atoms with E-state index in [1.54, 1.807) is 0 Å². The molecule has 0 saturated heterocycles. The van der Waals surface area contributed by atoms with Crippen LogP contribution in [0.2, 0.25) is 13.1 Å². The first-order valence-corrected chi connectivity index (χ1v) is 14.3. The fourth-order valence-electron chi connectivity index (χ4n) is 3.77. The van der Waals surface area contributed by atoms with Crippen LogP contribution >= 0.6 is 0 Å². The smallest absolute Gasteiger partial charge is 0.181 e. The zero-order chi connectivity index (χ0) is 18.4. The van der Waals surface area contributed by atoms with Gasteiger partial charge in [-0.15, -0.1) is 13.2 Å². The molecule has 0 fully saturated rings. The summed E-state index contributed by atoms with van der Waals surface area (Å²) in [6.07, 6.45) is 0. The van der Waals surface area contributed by atoms with Gasteiger partial charge in [0.05, 0.1) is 0 Å². The van der Waals surface area contributed by atoms with Gasteiger partial charge < -0.3 is 9.13 Å². The molecule has 0 aliphatic heterocycles. The molecule has 2 nitrogen and oxygen atoms in total. The van der Waals surface area contributed by atoms with Gasteiger partial charge in [-0.25, -0.2) is 0 Å². The third-order valence-electron chi connectivity index (χ3n) is 5.69. The molecule has 24 heavy (non-hydrogen) atoms. The largest absolute Gasteiger partial charge is 0.318 e. The van der Waals surface area contributed by atoms with E-state index in [1.807, 2.05) is 0 Å². The minimum Gasteiger partial charge on any atom is -0.318 e. The third-order valence-corrected chi connectivity index (χ3v) is 14.2. The summed E-state index contributed by atoms with van der Waals surface area (Å²) < 4.78 is 5.17. The van der Waals surface area contributed by atoms with Crippen molar-refractivity contribution in [3.05, 3.63) is 48.8 Å². The lowest BCUT2D eigenvalue weighted by Gasteiger charge is -2.38. The maximum absolute atomic E-state index is 4.17. The van der Waals surface area contributed by atoms with Gasteiger partial charge in [-0.05, 0) is 49.6 Å². The molecule has 1 aromatic carbocycles. The van der Waals surface area contributed by atoms with Gasteiger partial charge in [0, 0.05) is 0 Å². The van der Waals surface area contributed by atoms with E-state index >= 15 is 0 Å². The second-order valence-electron chi connectivity index (χ2n) is 6.63. The summed E-state index contributed by atoms with van der Waals surface area (Å²) in [6, 6.07) is 9.39. The van der Waals surface area contributed by atoms with Crippen molar-refractivity contribution in [2.24, 2.45) is 0 Å². The first kappa shape index (κ1) is 21.1. The minimum absolute atomic E-state index is 1.07. The van der Waals surface area contributed by atoms with Crippen LogP contribution in [0.1, 0.15) is 27.7 Å². The Morgan fingerprint density at radius 3 is 1.12 bits per heavy atom. The molecular formula is C20H36N2Si2. The molecule has 2 unspecified atom stereocenters. The second kappa shape index (κ2) is 8.95. The molecule has 0 spiro atoms. The normalized spacial score (nSPS) is 16.7. The molecule has 1 rings (SSSR count). The van der Waals surface area contributed by atoms with Crippen molar-refractivity contribution >= 4 is 26.8 Å². The number of hydrogen-bond donors (Lipinski definition) is 0. The lowest BCUT2D eigenvalue weighted by Crippen LogP contribution is -2.61. The molecule has 0 radical (unpaired) electrons. The lowest BCUT2D eigenvalue weighted by molar-refractivity contribution is 0.477. The topological polar surface area (TPSA) is 6.48 Å². The average Bonchev–Trinajstić information content (AvgIpc) is 2.63. The molecule has 0 saturated carbocycles. The van der Waals surface area contributed by atoms with E-state index in [-0.39, 0.29) is 0 Å². The van der Waals surface area contributed by atoms with E-state index in [9.17, 15) is 0 Å². The van der Waals surface area contributed by atoms with Gasteiger partial charge in [0.25, 0.3) is 0 Å². The van der Waals surface area contributed by atoms with Crippen LogP contribution in [0.4, 0.5) is 0 Å². The van der Waals surface area contributed by atoms with Gasteiger partial charge in [0.15, 0.2) is 16.5 Å². The van der Waals surface area contributed by atoms with Crippen molar-refractivity contribution in [2.45, 2.75) is 40.8 Å². The maximum Gasteiger partial charge on any atom is 0.181 e. The van der Waals surface area contributed by atoms with Crippen molar-refractivity contribution in [1.82, 2.24) is 9.13 Å². The molecule has 1 aromatic rings. The minimum atomic E-state index is -1.79. The van der Waals surface area contributed by atoms with E-state index in [0.29, 0.717) is 0 Å². The summed E-state index contributed by atoms with van der Waals surface area (Å²) in [5, 5.41) is 2.90. The van der Waals surface area contributed by atoms with Gasteiger partial charge >= 0.3 is 0 Å². The summed E-state index contributed by atoms with van der Waals surface area (Å²) >= 11 is 0. The maximum atomic E-state index is 4.17. The Morgan fingerprint density at radius 1 is 0.708 bits per heavy atom. The van der Waals surface area contributed by atoms with Gasteiger partial charge in [0.1, 0.15) is 0 Å². The summed E-state index contributed by atoms with van der Waals surface area (Å²) in [5.74, 6) is 0. The predicted octanol–water partition coefficient (Wildman–Crippen LogP) is 3.39. The molecule has 2 atom stereocenters. The van der Waals surface area contributed by atoms with E-state index in [4.69, 9.17) is 0 Å². The van der Waals surface area contributed by atoms with Crippen LogP contribution in [0.15, 0.2) is 48.8 Å². The van der Waals surface area contributed by atoms with Crippen LogP contribution in [-0.2, 0) is 0 Å². The molecule has 4 heteroatoms. The Labute approximate surface area is 152 Å². The van der Waals surface area contributed by atoms with Gasteiger partial charge in [-0.2, -0.15) is 0 Å². The molecule has 134 valence electrons. The fourth-order valence-corrected chi connectivity index (χ4v) is 9.79. The van der Waals surface area contributed by atoms with Crippen LogP contribution in [0.3, 0.4) is 0 Å². The SMILES string of the molecule is C=C[Si](C)(c1ccc([Si](C)(C=C)N(CC)CC)cc1)N(CC)CC. The monoisotopic (exact) mass is 360 g/mol. The highest BCUT2D eigenvalue weighted by Gasteiger charge is 2.35. The number of hydrogen-bond acceptors (Lipinski definition) is 2. The highest BCUT2D eigenvalue weighted by atomic mass is 28.3. The van der Waals surface area contributed by atoms with Crippen molar-refractivity contribution in [3.8, 4) is 0 Å². The van der Waals surface area contributed by atoms with Crippen molar-refractivity contribution in [3.63, 3.8) is 0 Å². The van der Waals surface area contributed by atoms with E-state index in [2.05, 4.69) is 98.7 Å². The van der Waals surface area contributed by atoms with Crippen LogP contribution in [0.25, 0.3) is 0 Å². The quantitative estimate of drug-likeness (QED) is 0.590. The summed E-state index contributed by atoms with van der Waals surface area (Å²) in [5.41, 5.74) is 4.42. The lowest BCUT2D eigenvalue weighted by atomic mass is 10.4. The van der Waals surface area contributed by atoms with Gasteiger partial charge in [-0.3, -0.25) is 0 Å². The summed E-state index contributed by atoms with van der Waals surface area (Å²) in [4.78, 5) is 0. The molecule has 0 N–H and O–H groups in total. The zero-order valence-corrected chi connectivity index (χ0v) is 18.6. The molecule has 0 amide bonds. The van der Waals surface area contributed by atoms with Gasteiger partial charge in [0.2, 0.25) is 0 Å². The molecule has 0 aliphatic carbocycles. The number of nitrogens with zero attached hydrogens (tertiary/aromatic N) is 2. The van der Waals surface area contributed by atoms with E-state index in [0.717, 1.165) is 26.2 Å². The van der Waals surface area contributed by atoms with E-state index in [1.165, 1.54) is 10.4 Å². The fraction of sp³-hybridized carbons (Fsp3) is 0.500. The van der Waals surface area contributed by atoms with Crippen LogP contribution < -0.4 is 10.4 Å². The van der Waals surface area contributed by atoms with Crippen molar-refractivity contribution < 1.29 is 0 Å². The zero-order valence-electron chi connectivity index (χ0n) is 16.6. The molecule has 0 aromatic heterocycles. The third kappa shape index (κ3) is 3.82. The molecule has 0 heterocycles. The second-order valence-corrected chi connectivity index (χ2v) is 14.5. The van der Waals surface area contributed by atoms with Crippen molar-refractivity contribution in [1.29, 1.82) is 0 Å². The first-order chi connectivity index (χ1) is 11.4. The van der Waals surface area contributed by atoms with Crippen LogP contribution in [-0.4, -0.2) is 51.8 Å². The Morgan fingerprint density at radius 2 is 0.958 bits per heavy atom. The standard InChI is InChI=1S/C20H36N2Si2/c1-9-21(10-2)23(7,13-5)19-15-17-20(18-16-19)24(8,14-6)22(11-3)12-4/h13-18H,5-6,9-12H2,1-4,7-8H3. The van der Waals surface area contributed by atoms with Gasteiger partial charge in [-0.1, -0.05) is 63.4 Å². The molecular weight excluding hydrogens is 324 g/mol. The Hall–Kier alpha value is -0.946. The van der Waals surface area contributed by atoms with Crippen LogP contribution in [0, 0.1) is 0 Å². The first-order valence-electron chi connectivity index (χ1n) is 9.26. The highest BCUT2D eigenvalue weighted by Crippen LogP contribution is 2.14. The predicted molar refractivity (Wildman–Crippen MR) is 115 cm³/mol. The Kier molecular flexibility index (Phi) is 7.87. The Bertz CT molecular complexity index is 486. The molecule has 0 aliphatic rings. The summed E-state index contributed by atoms with van der Waals surface area (Å²) in [6.45, 7) is 26.4. The Balaban J connectivity index is 3.29. The number of benzene rings is 1. The average molecular weight is 361 g/mol. The highest BCUT2D eigenvalue weighted by molar-refractivity contribution is 6.94. The summed E-state index contributed by atoms with van der Waals surface area (Å²) in [7, 11) is -3.58. The van der Waals surface area contributed by atoms with Crippen molar-refractivity contribution in [2.75, 3.05) is 26.2 Å².